The Labute approximate surface area is 155 Å². The first-order valence-corrected chi connectivity index (χ1v) is 8.51. The molecule has 0 aliphatic carbocycles. The summed E-state index contributed by atoms with van der Waals surface area (Å²) in [5, 5.41) is 11.8. The van der Waals surface area contributed by atoms with E-state index in [1.807, 2.05) is 65.6 Å². The van der Waals surface area contributed by atoms with E-state index in [0.717, 1.165) is 11.1 Å². The molecule has 3 aromatic carbocycles. The van der Waals surface area contributed by atoms with Crippen LogP contribution < -0.4 is 4.90 Å². The molecule has 0 aromatic heterocycles. The highest BCUT2D eigenvalue weighted by molar-refractivity contribution is 6.11. The summed E-state index contributed by atoms with van der Waals surface area (Å²) in [5.74, 6) is 0.135. The van der Waals surface area contributed by atoms with Gasteiger partial charge < -0.3 is 4.90 Å². The van der Waals surface area contributed by atoms with Gasteiger partial charge in [0.1, 0.15) is 11.7 Å². The van der Waals surface area contributed by atoms with Crippen LogP contribution in [0.15, 0.2) is 89.9 Å². The van der Waals surface area contributed by atoms with Crippen LogP contribution in [0.3, 0.4) is 0 Å². The van der Waals surface area contributed by atoms with Crippen LogP contribution in [-0.2, 0) is 0 Å². The first-order chi connectivity index (χ1) is 13.1. The topological polar surface area (TPSA) is 58.7 Å². The minimum Gasteiger partial charge on any atom is -0.309 e. The van der Waals surface area contributed by atoms with Gasteiger partial charge in [-0.1, -0.05) is 60.7 Å². The van der Waals surface area contributed by atoms with Crippen molar-refractivity contribution in [1.29, 1.82) is 0 Å². The molecule has 0 N–H and O–H groups in total. The number of aliphatic imine (C=N–C) groups is 1. The SMILES string of the molecule is O=[N+]([O-])[C@H]1N=C(c2ccccc2)N(c2ccc(F)cc2)[C@H]1c1ccccc1. The molecular weight excluding hydrogens is 345 g/mol. The number of benzene rings is 3. The second-order valence-corrected chi connectivity index (χ2v) is 6.22. The maximum atomic E-state index is 13.5. The van der Waals surface area contributed by atoms with E-state index < -0.39 is 12.2 Å². The van der Waals surface area contributed by atoms with Crippen molar-refractivity contribution in [3.05, 3.63) is 112 Å². The summed E-state index contributed by atoms with van der Waals surface area (Å²) < 4.78 is 13.5. The summed E-state index contributed by atoms with van der Waals surface area (Å²) in [6, 6.07) is 23.9. The van der Waals surface area contributed by atoms with Gasteiger partial charge >= 0.3 is 6.17 Å². The highest BCUT2D eigenvalue weighted by atomic mass is 19.1. The fourth-order valence-electron chi connectivity index (χ4n) is 3.34. The highest BCUT2D eigenvalue weighted by Crippen LogP contribution is 2.38. The molecule has 134 valence electrons. The van der Waals surface area contributed by atoms with Crippen LogP contribution in [0.25, 0.3) is 0 Å². The Morgan fingerprint density at radius 1 is 0.889 bits per heavy atom. The molecule has 1 aliphatic rings. The fraction of sp³-hybridized carbons (Fsp3) is 0.0952. The molecule has 0 bridgehead atoms. The zero-order chi connectivity index (χ0) is 18.8. The molecule has 0 radical (unpaired) electrons. The van der Waals surface area contributed by atoms with E-state index >= 15 is 0 Å². The van der Waals surface area contributed by atoms with Crippen molar-refractivity contribution in [2.45, 2.75) is 12.2 Å². The molecule has 5 nitrogen and oxygen atoms in total. The van der Waals surface area contributed by atoms with Gasteiger partial charge in [-0.2, -0.15) is 4.99 Å². The third-order valence-corrected chi connectivity index (χ3v) is 4.54. The number of hydrogen-bond donors (Lipinski definition) is 0. The number of hydrogen-bond acceptors (Lipinski definition) is 4. The molecule has 0 saturated carbocycles. The van der Waals surface area contributed by atoms with Gasteiger partial charge in [0.05, 0.1) is 0 Å². The van der Waals surface area contributed by atoms with Crippen LogP contribution in [0.4, 0.5) is 10.1 Å². The standard InChI is InChI=1S/C21H16FN3O2/c22-17-11-13-18(14-12-17)24-19(15-7-3-1-4-8-15)21(25(26)27)23-20(24)16-9-5-2-6-10-16/h1-14,19,21H/t19-,21+/m0/s1. The Kier molecular flexibility index (Phi) is 4.38. The van der Waals surface area contributed by atoms with Crippen LogP contribution in [0.1, 0.15) is 17.2 Å². The van der Waals surface area contributed by atoms with Crippen LogP contribution >= 0.6 is 0 Å². The van der Waals surface area contributed by atoms with Crippen molar-refractivity contribution in [1.82, 2.24) is 0 Å². The summed E-state index contributed by atoms with van der Waals surface area (Å²) in [4.78, 5) is 17.7. The van der Waals surface area contributed by atoms with Gasteiger partial charge in [0.2, 0.25) is 0 Å². The molecule has 1 aliphatic heterocycles. The van der Waals surface area contributed by atoms with Crippen molar-refractivity contribution in [2.75, 3.05) is 4.90 Å². The minimum absolute atomic E-state index is 0.363. The number of halogens is 1. The minimum atomic E-state index is -1.16. The molecule has 0 saturated heterocycles. The number of amidine groups is 1. The maximum Gasteiger partial charge on any atom is 0.330 e. The Morgan fingerprint density at radius 2 is 1.48 bits per heavy atom. The molecule has 0 fully saturated rings. The van der Waals surface area contributed by atoms with E-state index in [1.54, 1.807) is 12.1 Å². The largest absolute Gasteiger partial charge is 0.330 e. The van der Waals surface area contributed by atoms with Gasteiger partial charge in [0, 0.05) is 16.2 Å². The van der Waals surface area contributed by atoms with E-state index in [2.05, 4.69) is 4.99 Å². The molecule has 0 unspecified atom stereocenters. The number of anilines is 1. The average molecular weight is 361 g/mol. The highest BCUT2D eigenvalue weighted by Gasteiger charge is 2.45. The summed E-state index contributed by atoms with van der Waals surface area (Å²) >= 11 is 0. The van der Waals surface area contributed by atoms with Gasteiger partial charge in [-0.15, -0.1) is 0 Å². The molecule has 3 aromatic rings. The second-order valence-electron chi connectivity index (χ2n) is 6.22. The van der Waals surface area contributed by atoms with Crippen LogP contribution in [0, 0.1) is 15.9 Å². The Morgan fingerprint density at radius 3 is 2.07 bits per heavy atom. The Balaban J connectivity index is 1.90. The normalized spacial score (nSPS) is 19.0. The number of nitro groups is 1. The summed E-state index contributed by atoms with van der Waals surface area (Å²) in [6.07, 6.45) is -1.16. The lowest BCUT2D eigenvalue weighted by Gasteiger charge is -2.28. The molecule has 27 heavy (non-hydrogen) atoms. The van der Waals surface area contributed by atoms with Crippen LogP contribution in [0.2, 0.25) is 0 Å². The molecule has 2 atom stereocenters. The number of nitrogens with zero attached hydrogens (tertiary/aromatic N) is 3. The van der Waals surface area contributed by atoms with Crippen LogP contribution in [-0.4, -0.2) is 16.9 Å². The predicted molar refractivity (Wildman–Crippen MR) is 102 cm³/mol. The van der Waals surface area contributed by atoms with E-state index in [1.165, 1.54) is 12.1 Å². The van der Waals surface area contributed by atoms with Gasteiger partial charge in [-0.05, 0) is 29.8 Å². The molecular formula is C21H16FN3O2. The van der Waals surface area contributed by atoms with Crippen molar-refractivity contribution in [3.8, 4) is 0 Å². The van der Waals surface area contributed by atoms with Crippen molar-refractivity contribution >= 4 is 11.5 Å². The summed E-state index contributed by atoms with van der Waals surface area (Å²) in [6.45, 7) is 0. The van der Waals surface area contributed by atoms with Crippen molar-refractivity contribution < 1.29 is 9.31 Å². The molecule has 0 amide bonds. The fourth-order valence-corrected chi connectivity index (χ4v) is 3.34. The van der Waals surface area contributed by atoms with Gasteiger partial charge in [-0.25, -0.2) is 4.39 Å². The lowest BCUT2D eigenvalue weighted by Crippen LogP contribution is -2.36. The van der Waals surface area contributed by atoms with Crippen LogP contribution in [0.5, 0.6) is 0 Å². The summed E-state index contributed by atoms with van der Waals surface area (Å²) in [5.41, 5.74) is 2.20. The lowest BCUT2D eigenvalue weighted by atomic mass is 10.0. The Hall–Kier alpha value is -3.54. The predicted octanol–water partition coefficient (Wildman–Crippen LogP) is 4.44. The van der Waals surface area contributed by atoms with E-state index in [-0.39, 0.29) is 10.7 Å². The lowest BCUT2D eigenvalue weighted by molar-refractivity contribution is -0.522. The third kappa shape index (κ3) is 3.17. The summed E-state index contributed by atoms with van der Waals surface area (Å²) in [7, 11) is 0. The molecule has 0 spiro atoms. The zero-order valence-electron chi connectivity index (χ0n) is 14.3. The molecule has 1 heterocycles. The molecule has 4 rings (SSSR count). The molecule has 6 heteroatoms. The van der Waals surface area contributed by atoms with Crippen molar-refractivity contribution in [3.63, 3.8) is 0 Å². The zero-order valence-corrected chi connectivity index (χ0v) is 14.3. The van der Waals surface area contributed by atoms with Crippen molar-refractivity contribution in [2.24, 2.45) is 4.99 Å². The maximum absolute atomic E-state index is 13.5. The Bertz CT molecular complexity index is 975. The smallest absolute Gasteiger partial charge is 0.309 e. The van der Waals surface area contributed by atoms with Gasteiger partial charge in [-0.3, -0.25) is 10.1 Å². The van der Waals surface area contributed by atoms with Gasteiger partial charge in [0.15, 0.2) is 6.04 Å². The third-order valence-electron chi connectivity index (χ3n) is 4.54. The monoisotopic (exact) mass is 361 g/mol. The van der Waals surface area contributed by atoms with E-state index in [4.69, 9.17) is 0 Å². The quantitative estimate of drug-likeness (QED) is 0.510. The average Bonchev–Trinajstić information content (AvgIpc) is 3.11. The number of rotatable bonds is 4. The second kappa shape index (κ2) is 6.99. The first kappa shape index (κ1) is 16.9. The van der Waals surface area contributed by atoms with Gasteiger partial charge in [0.25, 0.3) is 0 Å². The van der Waals surface area contributed by atoms with E-state index in [9.17, 15) is 14.5 Å². The first-order valence-electron chi connectivity index (χ1n) is 8.51. The van der Waals surface area contributed by atoms with E-state index in [0.29, 0.717) is 11.5 Å².